The molecule has 0 atom stereocenters. The quantitative estimate of drug-likeness (QED) is 0.601. The van der Waals surface area contributed by atoms with Gasteiger partial charge in [0.25, 0.3) is 5.91 Å². The number of ether oxygens (including phenoxy) is 2. The fourth-order valence-corrected chi connectivity index (χ4v) is 2.32. The second-order valence-corrected chi connectivity index (χ2v) is 4.98. The highest BCUT2D eigenvalue weighted by Gasteiger charge is 2.21. The van der Waals surface area contributed by atoms with Crippen LogP contribution in [0.5, 0.6) is 0 Å². The van der Waals surface area contributed by atoms with Crippen LogP contribution in [0.25, 0.3) is 0 Å². The van der Waals surface area contributed by atoms with Crippen molar-refractivity contribution in [2.24, 2.45) is 0 Å². The lowest BCUT2D eigenvalue weighted by molar-refractivity contribution is -0.158. The van der Waals surface area contributed by atoms with Gasteiger partial charge in [-0.15, -0.1) is 0 Å². The molecule has 0 saturated heterocycles. The third-order valence-electron chi connectivity index (χ3n) is 3.43. The Balaban J connectivity index is 1.79. The average Bonchev–Trinajstić information content (AvgIpc) is 2.52. The molecule has 0 spiro atoms. The summed E-state index contributed by atoms with van der Waals surface area (Å²) < 4.78 is 9.47. The molecule has 1 aliphatic heterocycles. The van der Waals surface area contributed by atoms with Gasteiger partial charge in [-0.25, -0.2) is 0 Å². The van der Waals surface area contributed by atoms with E-state index in [9.17, 15) is 14.4 Å². The molecule has 1 amide bonds. The topological polar surface area (TPSA) is 72.9 Å². The summed E-state index contributed by atoms with van der Waals surface area (Å²) >= 11 is 0. The van der Waals surface area contributed by atoms with Gasteiger partial charge < -0.3 is 14.4 Å². The van der Waals surface area contributed by atoms with Crippen LogP contribution in [0, 0.1) is 0 Å². The Labute approximate surface area is 129 Å². The van der Waals surface area contributed by atoms with Gasteiger partial charge in [0.05, 0.1) is 6.61 Å². The first-order valence-electron chi connectivity index (χ1n) is 7.26. The van der Waals surface area contributed by atoms with Crippen molar-refractivity contribution in [3.63, 3.8) is 0 Å². The van der Waals surface area contributed by atoms with E-state index in [-0.39, 0.29) is 19.1 Å². The van der Waals surface area contributed by atoms with E-state index in [0.29, 0.717) is 13.1 Å². The number of rotatable bonds is 5. The van der Waals surface area contributed by atoms with Gasteiger partial charge in [0.1, 0.15) is 6.42 Å². The third kappa shape index (κ3) is 4.31. The van der Waals surface area contributed by atoms with Gasteiger partial charge in [0, 0.05) is 13.1 Å². The fraction of sp³-hybridized carbons (Fsp3) is 0.438. The SMILES string of the molecule is CCOC(=O)CC(=O)OCC(=O)N1CCc2ccccc2C1. The van der Waals surface area contributed by atoms with Crippen molar-refractivity contribution in [3.05, 3.63) is 35.4 Å². The number of benzene rings is 1. The molecular weight excluding hydrogens is 286 g/mol. The summed E-state index contributed by atoms with van der Waals surface area (Å²) in [5, 5.41) is 0. The van der Waals surface area contributed by atoms with Gasteiger partial charge in [-0.05, 0) is 24.5 Å². The van der Waals surface area contributed by atoms with Gasteiger partial charge in [-0.1, -0.05) is 24.3 Å². The zero-order valence-electron chi connectivity index (χ0n) is 12.5. The van der Waals surface area contributed by atoms with Gasteiger partial charge in [0.2, 0.25) is 0 Å². The maximum atomic E-state index is 12.1. The molecule has 0 aromatic heterocycles. The summed E-state index contributed by atoms with van der Waals surface area (Å²) in [6, 6.07) is 7.96. The van der Waals surface area contributed by atoms with E-state index >= 15 is 0 Å². The zero-order valence-corrected chi connectivity index (χ0v) is 12.5. The van der Waals surface area contributed by atoms with Crippen molar-refractivity contribution in [1.29, 1.82) is 0 Å². The molecule has 0 saturated carbocycles. The van der Waals surface area contributed by atoms with Crippen molar-refractivity contribution in [1.82, 2.24) is 4.90 Å². The molecule has 6 heteroatoms. The fourth-order valence-electron chi connectivity index (χ4n) is 2.32. The summed E-state index contributed by atoms with van der Waals surface area (Å²) in [4.78, 5) is 36.2. The maximum Gasteiger partial charge on any atom is 0.317 e. The number of carbonyl (C=O) groups excluding carboxylic acids is 3. The molecule has 0 aliphatic carbocycles. The average molecular weight is 305 g/mol. The molecule has 0 bridgehead atoms. The summed E-state index contributed by atoms with van der Waals surface area (Å²) in [6.45, 7) is 2.63. The highest BCUT2D eigenvalue weighted by molar-refractivity contribution is 5.92. The Morgan fingerprint density at radius 1 is 1.09 bits per heavy atom. The van der Waals surface area contributed by atoms with E-state index in [2.05, 4.69) is 10.8 Å². The van der Waals surface area contributed by atoms with Gasteiger partial charge in [-0.3, -0.25) is 14.4 Å². The zero-order chi connectivity index (χ0) is 15.9. The lowest BCUT2D eigenvalue weighted by Crippen LogP contribution is -2.38. The molecule has 118 valence electrons. The molecule has 1 aromatic rings. The lowest BCUT2D eigenvalue weighted by Gasteiger charge is -2.28. The van der Waals surface area contributed by atoms with Crippen molar-refractivity contribution in [2.45, 2.75) is 26.3 Å². The molecule has 1 aliphatic rings. The Morgan fingerprint density at radius 2 is 1.77 bits per heavy atom. The summed E-state index contributed by atoms with van der Waals surface area (Å²) in [6.07, 6.45) is 0.322. The number of hydrogen-bond donors (Lipinski definition) is 0. The molecular formula is C16H19NO5. The molecule has 0 radical (unpaired) electrons. The van der Waals surface area contributed by atoms with Crippen molar-refractivity contribution in [2.75, 3.05) is 19.8 Å². The van der Waals surface area contributed by atoms with Crippen LogP contribution >= 0.6 is 0 Å². The second kappa shape index (κ2) is 7.59. The lowest BCUT2D eigenvalue weighted by atomic mass is 10.00. The molecule has 1 heterocycles. The normalized spacial score (nSPS) is 13.2. The third-order valence-corrected chi connectivity index (χ3v) is 3.43. The summed E-state index contributed by atoms with van der Waals surface area (Å²) in [5.74, 6) is -1.65. The van der Waals surface area contributed by atoms with Crippen LogP contribution in [0.15, 0.2) is 24.3 Å². The minimum absolute atomic E-state index is 0.207. The van der Waals surface area contributed by atoms with Crippen LogP contribution in [0.2, 0.25) is 0 Å². The Kier molecular flexibility index (Phi) is 5.52. The molecule has 2 rings (SSSR count). The molecule has 1 aromatic carbocycles. The number of esters is 2. The Bertz CT molecular complexity index is 569. The summed E-state index contributed by atoms with van der Waals surface area (Å²) in [5.41, 5.74) is 2.35. The molecule has 0 fully saturated rings. The van der Waals surface area contributed by atoms with Crippen LogP contribution in [-0.4, -0.2) is 42.5 Å². The number of nitrogens with zero attached hydrogens (tertiary/aromatic N) is 1. The number of fused-ring (bicyclic) bond motifs is 1. The van der Waals surface area contributed by atoms with Crippen LogP contribution < -0.4 is 0 Å². The molecule has 22 heavy (non-hydrogen) atoms. The predicted octanol–water partition coefficient (Wildman–Crippen LogP) is 1.07. The number of carbonyl (C=O) groups is 3. The minimum atomic E-state index is -0.746. The van der Waals surface area contributed by atoms with Gasteiger partial charge in [0.15, 0.2) is 6.61 Å². The highest BCUT2D eigenvalue weighted by atomic mass is 16.6. The predicted molar refractivity (Wildman–Crippen MR) is 77.8 cm³/mol. The monoisotopic (exact) mass is 305 g/mol. The Hall–Kier alpha value is -2.37. The van der Waals surface area contributed by atoms with Crippen molar-refractivity contribution >= 4 is 17.8 Å². The largest absolute Gasteiger partial charge is 0.466 e. The second-order valence-electron chi connectivity index (χ2n) is 4.98. The molecule has 6 nitrogen and oxygen atoms in total. The van der Waals surface area contributed by atoms with E-state index in [0.717, 1.165) is 12.0 Å². The van der Waals surface area contributed by atoms with Crippen molar-refractivity contribution < 1.29 is 23.9 Å². The van der Waals surface area contributed by atoms with Crippen LogP contribution in [-0.2, 0) is 36.8 Å². The minimum Gasteiger partial charge on any atom is -0.466 e. The first kappa shape index (κ1) is 16.0. The first-order chi connectivity index (χ1) is 10.6. The van der Waals surface area contributed by atoms with Gasteiger partial charge in [-0.2, -0.15) is 0 Å². The number of amides is 1. The van der Waals surface area contributed by atoms with Crippen LogP contribution in [0.3, 0.4) is 0 Å². The van der Waals surface area contributed by atoms with Crippen molar-refractivity contribution in [3.8, 4) is 0 Å². The molecule has 0 unspecified atom stereocenters. The van der Waals surface area contributed by atoms with Crippen LogP contribution in [0.4, 0.5) is 0 Å². The smallest absolute Gasteiger partial charge is 0.317 e. The maximum absolute atomic E-state index is 12.1. The van der Waals surface area contributed by atoms with E-state index in [1.165, 1.54) is 5.56 Å². The van der Waals surface area contributed by atoms with E-state index in [1.807, 2.05) is 18.2 Å². The summed E-state index contributed by atoms with van der Waals surface area (Å²) in [7, 11) is 0. The van der Waals surface area contributed by atoms with E-state index in [1.54, 1.807) is 11.8 Å². The molecule has 0 N–H and O–H groups in total. The number of hydrogen-bond acceptors (Lipinski definition) is 5. The van der Waals surface area contributed by atoms with Gasteiger partial charge >= 0.3 is 11.9 Å². The first-order valence-corrected chi connectivity index (χ1v) is 7.26. The van der Waals surface area contributed by atoms with Crippen LogP contribution in [0.1, 0.15) is 24.5 Å². The van der Waals surface area contributed by atoms with E-state index < -0.39 is 18.4 Å². The Morgan fingerprint density at radius 3 is 2.50 bits per heavy atom. The highest BCUT2D eigenvalue weighted by Crippen LogP contribution is 2.18. The standard InChI is InChI=1S/C16H19NO5/c1-2-21-15(19)9-16(20)22-11-14(18)17-8-7-12-5-3-4-6-13(12)10-17/h3-6H,2,7-11H2,1H3. The van der Waals surface area contributed by atoms with E-state index in [4.69, 9.17) is 4.74 Å².